The van der Waals surface area contributed by atoms with Crippen molar-refractivity contribution in [1.29, 1.82) is 0 Å². The largest absolute Gasteiger partial charge is 0.494 e. The van der Waals surface area contributed by atoms with Crippen LogP contribution < -0.4 is 5.46 Å². The molecule has 0 atom stereocenters. The van der Waals surface area contributed by atoms with Crippen LogP contribution in [0.5, 0.6) is 0 Å². The third-order valence-corrected chi connectivity index (χ3v) is 28.4. The van der Waals surface area contributed by atoms with E-state index in [-0.39, 0.29) is 51.6 Å². The molecule has 8 nitrogen and oxygen atoms in total. The SMILES string of the molecule is CC1(C)OB(B2OC(C)(C)C(C)(C)O2)OC1(C)C.CCCCCCC1(CCCCCC)c2cc(B3OC(C)(C)C(C)(C)O3)ccc2-c2ccc(-c3ccc(-n4c5ccccc5c5ccccc54)cc3)cc21.CCCCCCC1(CCCCCC)c2cc(Br)ccc2-c2ccc(-c3ccc(-n4c5ccccc5c5ccccc54)cc3)cc21. The van der Waals surface area contributed by atoms with Gasteiger partial charge >= 0.3 is 21.1 Å². The van der Waals surface area contributed by atoms with Gasteiger partial charge in [-0.3, -0.25) is 0 Å². The second-order valence-electron chi connectivity index (χ2n) is 37.1. The predicted molar refractivity (Wildman–Crippen MR) is 495 cm³/mol. The van der Waals surface area contributed by atoms with Crippen LogP contribution in [0.15, 0.2) is 223 Å². The van der Waals surface area contributed by atoms with Crippen molar-refractivity contribution < 1.29 is 27.9 Å². The number of hydrogen-bond donors (Lipinski definition) is 0. The quantitative estimate of drug-likeness (QED) is 0.0398. The molecule has 2 aliphatic carbocycles. The Balaban J connectivity index is 0.000000151. The van der Waals surface area contributed by atoms with Crippen molar-refractivity contribution in [2.75, 3.05) is 0 Å². The first-order valence-electron chi connectivity index (χ1n) is 44.2. The minimum absolute atomic E-state index is 0.0370. The van der Waals surface area contributed by atoms with Crippen LogP contribution in [0.1, 0.15) is 261 Å². The molecule has 0 bridgehead atoms. The summed E-state index contributed by atoms with van der Waals surface area (Å²) in [5.74, 6) is 0. The van der Waals surface area contributed by atoms with E-state index in [2.05, 4.69) is 299 Å². The number of hydrogen-bond acceptors (Lipinski definition) is 6. The summed E-state index contributed by atoms with van der Waals surface area (Å²) < 4.78 is 43.1. The Bertz CT molecular complexity index is 5260. The number of rotatable bonds is 26. The maximum Gasteiger partial charge on any atom is 0.494 e. The van der Waals surface area contributed by atoms with Crippen molar-refractivity contribution >= 4 is 86.1 Å². The van der Waals surface area contributed by atoms with E-state index in [1.54, 1.807) is 11.1 Å². The first kappa shape index (κ1) is 83.3. The van der Waals surface area contributed by atoms with Gasteiger partial charge in [0.1, 0.15) is 0 Å². The van der Waals surface area contributed by atoms with Gasteiger partial charge < -0.3 is 37.1 Å². The molecular weight excluding hydrogens is 1490 g/mol. The molecule has 0 spiro atoms. The lowest BCUT2D eigenvalue weighted by Crippen LogP contribution is -2.41. The van der Waals surface area contributed by atoms with Gasteiger partial charge in [0.25, 0.3) is 0 Å². The van der Waals surface area contributed by atoms with E-state index < -0.39 is 14.0 Å². The van der Waals surface area contributed by atoms with Crippen LogP contribution in [0.2, 0.25) is 0 Å². The summed E-state index contributed by atoms with van der Waals surface area (Å²) in [4.78, 5) is 0. The maximum absolute atomic E-state index is 6.62. The molecule has 0 unspecified atom stereocenters. The number of fused-ring (bicyclic) bond motifs is 12. The topological polar surface area (TPSA) is 65.2 Å². The zero-order chi connectivity index (χ0) is 81.6. The highest BCUT2D eigenvalue weighted by Crippen LogP contribution is 2.58. The molecule has 5 heterocycles. The molecule has 0 saturated carbocycles. The Hall–Kier alpha value is -7.77. The van der Waals surface area contributed by atoms with Crippen molar-refractivity contribution in [2.24, 2.45) is 0 Å². The second kappa shape index (κ2) is 33.8. The molecule has 0 amide bonds. The Morgan fingerprint density at radius 2 is 0.552 bits per heavy atom. The van der Waals surface area contributed by atoms with Gasteiger partial charge in [0.15, 0.2) is 0 Å². The Labute approximate surface area is 703 Å². The predicted octanol–water partition coefficient (Wildman–Crippen LogP) is 28.6. The molecule has 0 N–H and O–H groups in total. The van der Waals surface area contributed by atoms with Crippen LogP contribution in [0, 0.1) is 0 Å². The number of aromatic nitrogens is 2. The van der Waals surface area contributed by atoms with Gasteiger partial charge in [0, 0.05) is 48.2 Å². The van der Waals surface area contributed by atoms with Gasteiger partial charge in [-0.25, -0.2) is 0 Å². The highest BCUT2D eigenvalue weighted by atomic mass is 79.9. The van der Waals surface area contributed by atoms with Crippen LogP contribution in [-0.4, -0.2) is 63.9 Å². The van der Waals surface area contributed by atoms with E-state index >= 15 is 0 Å². The van der Waals surface area contributed by atoms with Gasteiger partial charge in [0.2, 0.25) is 0 Å². The van der Waals surface area contributed by atoms with Crippen LogP contribution in [0.3, 0.4) is 0 Å². The van der Waals surface area contributed by atoms with Gasteiger partial charge in [0.05, 0.1) is 55.7 Å². The molecule has 12 heteroatoms. The summed E-state index contributed by atoms with van der Waals surface area (Å²) in [5.41, 5.74) is 23.3. The molecule has 602 valence electrons. The number of unbranched alkanes of at least 4 members (excludes halogenated alkanes) is 12. The lowest BCUT2D eigenvalue weighted by molar-refractivity contribution is 0.00578. The number of benzene rings is 10. The monoisotopic (exact) mass is 1610 g/mol. The fourth-order valence-corrected chi connectivity index (χ4v) is 19.6. The molecular formula is C104H124B3BrN2O6. The Kier molecular flexibility index (Phi) is 24.3. The van der Waals surface area contributed by atoms with Crippen molar-refractivity contribution in [3.8, 4) is 55.9 Å². The highest BCUT2D eigenvalue weighted by molar-refractivity contribution is 9.10. The van der Waals surface area contributed by atoms with E-state index in [1.807, 2.05) is 55.4 Å². The average molecular weight is 1610 g/mol. The van der Waals surface area contributed by atoms with E-state index in [1.165, 1.54) is 244 Å². The highest BCUT2D eigenvalue weighted by Gasteiger charge is 2.64. The lowest BCUT2D eigenvalue weighted by atomic mass is 9.49. The fourth-order valence-electron chi connectivity index (χ4n) is 19.2. The van der Waals surface area contributed by atoms with E-state index in [4.69, 9.17) is 27.9 Å². The first-order valence-corrected chi connectivity index (χ1v) is 45.0. The van der Waals surface area contributed by atoms with Crippen molar-refractivity contribution in [2.45, 2.75) is 284 Å². The molecule has 10 aromatic carbocycles. The van der Waals surface area contributed by atoms with Crippen LogP contribution in [0.25, 0.3) is 99.5 Å². The molecule has 3 saturated heterocycles. The maximum atomic E-state index is 6.62. The zero-order valence-corrected chi connectivity index (χ0v) is 74.0. The van der Waals surface area contributed by atoms with Crippen molar-refractivity contribution in [3.05, 3.63) is 245 Å². The first-order chi connectivity index (χ1) is 55.7. The molecule has 5 aliphatic rings. The number of nitrogens with zero attached hydrogens (tertiary/aromatic N) is 2. The summed E-state index contributed by atoms with van der Waals surface area (Å²) in [6, 6.07) is 82.3. The molecule has 3 fully saturated rings. The molecule has 3 aliphatic heterocycles. The normalized spacial score (nSPS) is 17.8. The van der Waals surface area contributed by atoms with Crippen molar-refractivity contribution in [3.63, 3.8) is 0 Å². The smallest absolute Gasteiger partial charge is 0.405 e. The summed E-state index contributed by atoms with van der Waals surface area (Å²) in [7, 11) is -1.32. The molecule has 12 aromatic rings. The average Bonchev–Trinajstić information content (AvgIpc) is 1.56. The Morgan fingerprint density at radius 1 is 0.276 bits per heavy atom. The molecule has 2 aromatic heterocycles. The van der Waals surface area contributed by atoms with Crippen LogP contribution in [0.4, 0.5) is 0 Å². The summed E-state index contributed by atoms with van der Waals surface area (Å²) in [6.45, 7) is 34.1. The van der Waals surface area contributed by atoms with Gasteiger partial charge in [-0.05, 0) is 254 Å². The van der Waals surface area contributed by atoms with E-state index in [0.717, 1.165) is 5.46 Å². The summed E-state index contributed by atoms with van der Waals surface area (Å²) in [6.07, 6.45) is 25.3. The van der Waals surface area contributed by atoms with Gasteiger partial charge in [-0.15, -0.1) is 0 Å². The summed E-state index contributed by atoms with van der Waals surface area (Å²) in [5, 5.41) is 5.19. The summed E-state index contributed by atoms with van der Waals surface area (Å²) >= 11 is 3.85. The third-order valence-electron chi connectivity index (χ3n) is 27.9. The van der Waals surface area contributed by atoms with Gasteiger partial charge in [-0.1, -0.05) is 292 Å². The van der Waals surface area contributed by atoms with Crippen LogP contribution in [-0.2, 0) is 38.8 Å². The fraction of sp³-hybridized carbons (Fsp3) is 0.423. The standard InChI is InChI=1S/C49H56BNO2.C43H44BrN.C12H24B2O4/c1-7-9-11-17-31-49(32-18-12-10-8-2)43-33-36(25-29-39(43)40-30-26-37(34-44(40)49)50-52-47(3,4)48(5,6)53-50)35-23-27-38(28-24-35)51-45-21-15-13-19-41(45)42-20-14-16-22-46(42)51;1-3-5-7-13-27-43(28-14-8-6-4-2)39-29-32(21-25-35(39)36-26-22-33(44)30-40(36)43)31-19-23-34(24-20-31)45-41-17-11-9-15-37(41)38-16-10-12-18-42(38)45;1-9(2)10(3,4)16-13(15-9)14-17-11(5,6)12(7,8)18-14/h13-16,19-30,33-34H,7-12,17-18,31-32H2,1-6H3;9-12,15-26,29-30H,3-8,13-14,27-28H2,1-2H3;1-8H3. The number of halogens is 1. The molecule has 17 rings (SSSR count). The van der Waals surface area contributed by atoms with Gasteiger partial charge in [-0.2, -0.15) is 0 Å². The van der Waals surface area contributed by atoms with E-state index in [0.29, 0.717) is 0 Å². The zero-order valence-electron chi connectivity index (χ0n) is 72.4. The minimum atomic E-state index is -0.476. The lowest BCUT2D eigenvalue weighted by Gasteiger charge is -2.33. The number of para-hydroxylation sites is 4. The van der Waals surface area contributed by atoms with Crippen LogP contribution >= 0.6 is 15.9 Å². The Morgan fingerprint density at radius 3 is 0.879 bits per heavy atom. The van der Waals surface area contributed by atoms with E-state index in [9.17, 15) is 0 Å². The van der Waals surface area contributed by atoms with Crippen molar-refractivity contribution in [1.82, 2.24) is 9.13 Å². The molecule has 116 heavy (non-hydrogen) atoms. The second-order valence-corrected chi connectivity index (χ2v) is 38.0. The minimum Gasteiger partial charge on any atom is -0.405 e. The third kappa shape index (κ3) is 15.8. The molecule has 0 radical (unpaired) electrons.